The molecule has 18 heavy (non-hydrogen) atoms. The minimum atomic E-state index is -0.0880. The fraction of sp³-hybridized carbons (Fsp3) is 0.462. The molecular weight excluding hydrogens is 228 g/mol. The number of hydrogen-bond acceptors (Lipinski definition) is 4. The Bertz CT molecular complexity index is 418. The lowest BCUT2D eigenvalue weighted by atomic mass is 10.1. The molecule has 1 saturated heterocycles. The number of nitrogens with zero attached hydrogens (tertiary/aromatic N) is 2. The summed E-state index contributed by atoms with van der Waals surface area (Å²) in [5.41, 5.74) is 10.9. The van der Waals surface area contributed by atoms with Gasteiger partial charge in [0.15, 0.2) is 0 Å². The number of nitrogen functional groups attached to an aromatic ring is 1. The van der Waals surface area contributed by atoms with Gasteiger partial charge in [-0.1, -0.05) is 0 Å². The molecule has 98 valence electrons. The molecule has 1 aromatic rings. The van der Waals surface area contributed by atoms with E-state index in [0.717, 1.165) is 31.7 Å². The van der Waals surface area contributed by atoms with Crippen molar-refractivity contribution in [1.82, 2.24) is 15.3 Å². The van der Waals surface area contributed by atoms with Gasteiger partial charge in [-0.2, -0.15) is 0 Å². The van der Waals surface area contributed by atoms with Gasteiger partial charge in [-0.05, 0) is 37.7 Å². The first kappa shape index (κ1) is 12.9. The summed E-state index contributed by atoms with van der Waals surface area (Å²) in [6, 6.07) is 5.41. The SMILES string of the molecule is Cc1cc(N)cc(C(=O)NN2CCN(C)CC2)c1. The van der Waals surface area contributed by atoms with Crippen molar-refractivity contribution < 1.29 is 4.79 Å². The molecule has 0 bridgehead atoms. The van der Waals surface area contributed by atoms with E-state index in [9.17, 15) is 4.79 Å². The number of nitrogens with two attached hydrogens (primary N) is 1. The van der Waals surface area contributed by atoms with E-state index < -0.39 is 0 Å². The molecule has 5 heteroatoms. The third-order valence-corrected chi connectivity index (χ3v) is 3.12. The van der Waals surface area contributed by atoms with E-state index >= 15 is 0 Å². The molecule has 1 aliphatic rings. The molecule has 0 atom stereocenters. The number of carbonyl (C=O) groups is 1. The third-order valence-electron chi connectivity index (χ3n) is 3.12. The molecule has 1 aromatic carbocycles. The molecule has 0 spiro atoms. The Hall–Kier alpha value is -1.59. The first-order valence-electron chi connectivity index (χ1n) is 6.16. The topological polar surface area (TPSA) is 61.6 Å². The Labute approximate surface area is 108 Å². The van der Waals surface area contributed by atoms with Crippen molar-refractivity contribution in [3.05, 3.63) is 29.3 Å². The second-order valence-corrected chi connectivity index (χ2v) is 4.86. The van der Waals surface area contributed by atoms with Crippen molar-refractivity contribution in [2.75, 3.05) is 39.0 Å². The number of carbonyl (C=O) groups excluding carboxylic acids is 1. The van der Waals surface area contributed by atoms with Gasteiger partial charge in [-0.3, -0.25) is 10.2 Å². The Kier molecular flexibility index (Phi) is 3.84. The van der Waals surface area contributed by atoms with Gasteiger partial charge in [0.05, 0.1) is 0 Å². The van der Waals surface area contributed by atoms with Crippen molar-refractivity contribution in [2.24, 2.45) is 0 Å². The third kappa shape index (κ3) is 3.21. The molecule has 3 N–H and O–H groups in total. The van der Waals surface area contributed by atoms with Crippen LogP contribution in [-0.2, 0) is 0 Å². The fourth-order valence-corrected chi connectivity index (χ4v) is 2.07. The van der Waals surface area contributed by atoms with Gasteiger partial charge in [-0.15, -0.1) is 0 Å². The molecule has 0 saturated carbocycles. The Morgan fingerprint density at radius 3 is 2.50 bits per heavy atom. The minimum Gasteiger partial charge on any atom is -0.399 e. The van der Waals surface area contributed by atoms with Crippen LogP contribution < -0.4 is 11.2 Å². The van der Waals surface area contributed by atoms with Crippen LogP contribution in [0.25, 0.3) is 0 Å². The van der Waals surface area contributed by atoms with Crippen LogP contribution in [0.1, 0.15) is 15.9 Å². The zero-order chi connectivity index (χ0) is 13.1. The van der Waals surface area contributed by atoms with Crippen molar-refractivity contribution in [2.45, 2.75) is 6.92 Å². The number of aryl methyl sites for hydroxylation is 1. The lowest BCUT2D eigenvalue weighted by molar-refractivity contribution is 0.0662. The molecule has 1 aliphatic heterocycles. The number of piperazine rings is 1. The van der Waals surface area contributed by atoms with E-state index in [-0.39, 0.29) is 5.91 Å². The maximum Gasteiger partial charge on any atom is 0.265 e. The first-order chi connectivity index (χ1) is 8.54. The van der Waals surface area contributed by atoms with Gasteiger partial charge in [0.25, 0.3) is 5.91 Å². The predicted molar refractivity (Wildman–Crippen MR) is 72.1 cm³/mol. The summed E-state index contributed by atoms with van der Waals surface area (Å²) in [6.45, 7) is 5.57. The highest BCUT2D eigenvalue weighted by atomic mass is 16.2. The van der Waals surface area contributed by atoms with E-state index in [2.05, 4.69) is 17.4 Å². The Morgan fingerprint density at radius 1 is 1.22 bits per heavy atom. The molecule has 0 radical (unpaired) electrons. The zero-order valence-electron chi connectivity index (χ0n) is 10.9. The smallest absolute Gasteiger partial charge is 0.265 e. The van der Waals surface area contributed by atoms with E-state index in [4.69, 9.17) is 5.73 Å². The summed E-state index contributed by atoms with van der Waals surface area (Å²) in [5, 5.41) is 1.96. The second kappa shape index (κ2) is 5.37. The number of hydrogen-bond donors (Lipinski definition) is 2. The summed E-state index contributed by atoms with van der Waals surface area (Å²) in [6.07, 6.45) is 0. The molecule has 1 fully saturated rings. The van der Waals surface area contributed by atoms with Crippen LogP contribution >= 0.6 is 0 Å². The largest absolute Gasteiger partial charge is 0.399 e. The lowest BCUT2D eigenvalue weighted by Crippen LogP contribution is -2.52. The molecule has 5 nitrogen and oxygen atoms in total. The van der Waals surface area contributed by atoms with Gasteiger partial charge in [-0.25, -0.2) is 5.01 Å². The highest BCUT2D eigenvalue weighted by molar-refractivity contribution is 5.94. The minimum absolute atomic E-state index is 0.0880. The van der Waals surface area contributed by atoms with Crippen LogP contribution in [0.3, 0.4) is 0 Å². The first-order valence-corrected chi connectivity index (χ1v) is 6.16. The summed E-state index contributed by atoms with van der Waals surface area (Å²) in [4.78, 5) is 14.3. The van der Waals surface area contributed by atoms with Crippen molar-refractivity contribution >= 4 is 11.6 Å². The van der Waals surface area contributed by atoms with Gasteiger partial charge < -0.3 is 10.6 Å². The van der Waals surface area contributed by atoms with Crippen LogP contribution in [0.2, 0.25) is 0 Å². The average molecular weight is 248 g/mol. The quantitative estimate of drug-likeness (QED) is 0.747. The number of rotatable bonds is 2. The second-order valence-electron chi connectivity index (χ2n) is 4.86. The number of anilines is 1. The van der Waals surface area contributed by atoms with Crippen LogP contribution in [-0.4, -0.2) is 49.0 Å². The Morgan fingerprint density at radius 2 is 1.89 bits per heavy atom. The summed E-state index contributed by atoms with van der Waals surface area (Å²) >= 11 is 0. The van der Waals surface area contributed by atoms with Crippen LogP contribution in [0.15, 0.2) is 18.2 Å². The number of benzene rings is 1. The standard InChI is InChI=1S/C13H20N4O/c1-10-7-11(9-12(14)8-10)13(18)15-17-5-3-16(2)4-6-17/h7-9H,3-6,14H2,1-2H3,(H,15,18). The van der Waals surface area contributed by atoms with Crippen LogP contribution in [0, 0.1) is 6.92 Å². The van der Waals surface area contributed by atoms with Crippen molar-refractivity contribution in [3.8, 4) is 0 Å². The number of amides is 1. The van der Waals surface area contributed by atoms with E-state index in [0.29, 0.717) is 11.3 Å². The van der Waals surface area contributed by atoms with Crippen LogP contribution in [0.5, 0.6) is 0 Å². The summed E-state index contributed by atoms with van der Waals surface area (Å²) < 4.78 is 0. The summed E-state index contributed by atoms with van der Waals surface area (Å²) in [7, 11) is 2.08. The molecule has 1 amide bonds. The molecule has 1 heterocycles. The highest BCUT2D eigenvalue weighted by Crippen LogP contribution is 2.11. The highest BCUT2D eigenvalue weighted by Gasteiger charge is 2.16. The van der Waals surface area contributed by atoms with E-state index in [1.54, 1.807) is 6.07 Å². The monoisotopic (exact) mass is 248 g/mol. The van der Waals surface area contributed by atoms with Gasteiger partial charge >= 0.3 is 0 Å². The zero-order valence-corrected chi connectivity index (χ0v) is 10.9. The van der Waals surface area contributed by atoms with Crippen molar-refractivity contribution in [1.29, 1.82) is 0 Å². The molecule has 2 rings (SSSR count). The molecule has 0 aliphatic carbocycles. The van der Waals surface area contributed by atoms with E-state index in [1.807, 2.05) is 24.1 Å². The molecule has 0 unspecified atom stereocenters. The average Bonchev–Trinajstić information content (AvgIpc) is 2.31. The summed E-state index contributed by atoms with van der Waals surface area (Å²) in [5.74, 6) is -0.0880. The Balaban J connectivity index is 1.99. The van der Waals surface area contributed by atoms with Gasteiger partial charge in [0.2, 0.25) is 0 Å². The molecule has 0 aromatic heterocycles. The van der Waals surface area contributed by atoms with Crippen LogP contribution in [0.4, 0.5) is 5.69 Å². The lowest BCUT2D eigenvalue weighted by Gasteiger charge is -2.32. The predicted octanol–water partition coefficient (Wildman–Crippen LogP) is 0.469. The number of likely N-dealkylation sites (N-methyl/N-ethyl adjacent to an activating group) is 1. The van der Waals surface area contributed by atoms with E-state index in [1.165, 1.54) is 0 Å². The number of nitrogens with one attached hydrogen (secondary N) is 1. The fourth-order valence-electron chi connectivity index (χ4n) is 2.07. The normalized spacial score (nSPS) is 17.7. The van der Waals surface area contributed by atoms with Gasteiger partial charge in [0, 0.05) is 37.4 Å². The maximum absolute atomic E-state index is 12.1. The van der Waals surface area contributed by atoms with Crippen molar-refractivity contribution in [3.63, 3.8) is 0 Å². The number of hydrazine groups is 1. The molecular formula is C13H20N4O. The maximum atomic E-state index is 12.1. The van der Waals surface area contributed by atoms with Gasteiger partial charge in [0.1, 0.15) is 0 Å².